The van der Waals surface area contributed by atoms with Gasteiger partial charge in [-0.25, -0.2) is 4.79 Å². The fourth-order valence-corrected chi connectivity index (χ4v) is 1.27. The van der Waals surface area contributed by atoms with Crippen LogP contribution < -0.4 is 0 Å². The van der Waals surface area contributed by atoms with Crippen molar-refractivity contribution in [3.63, 3.8) is 0 Å². The second-order valence-electron chi connectivity index (χ2n) is 4.20. The first-order valence-electron chi connectivity index (χ1n) is 4.81. The number of Topliss-reactive ketones (excluding diaryl/α,β-unsaturated/α-hetero) is 1. The summed E-state index contributed by atoms with van der Waals surface area (Å²) in [4.78, 5) is 23.0. The molecule has 0 atom stereocenters. The summed E-state index contributed by atoms with van der Waals surface area (Å²) in [7, 11) is 0. The summed E-state index contributed by atoms with van der Waals surface area (Å²) in [6, 6.07) is 0. The van der Waals surface area contributed by atoms with E-state index in [4.69, 9.17) is 4.74 Å². The average molecular weight is 277 g/mol. The van der Waals surface area contributed by atoms with Gasteiger partial charge >= 0.3 is 5.97 Å². The van der Waals surface area contributed by atoms with Gasteiger partial charge in [-0.3, -0.25) is 4.79 Å². The third-order valence-corrected chi connectivity index (χ3v) is 2.00. The third kappa shape index (κ3) is 5.72. The van der Waals surface area contributed by atoms with Crippen LogP contribution in [0, 0.1) is 5.41 Å². The van der Waals surface area contributed by atoms with E-state index in [1.807, 2.05) is 20.8 Å². The topological polar surface area (TPSA) is 43.4 Å². The van der Waals surface area contributed by atoms with Gasteiger partial charge in [0.2, 0.25) is 0 Å². The lowest BCUT2D eigenvalue weighted by Gasteiger charge is -2.14. The Morgan fingerprint density at radius 1 is 1.33 bits per heavy atom. The highest BCUT2D eigenvalue weighted by molar-refractivity contribution is 9.09. The zero-order chi connectivity index (χ0) is 12.1. The monoisotopic (exact) mass is 276 g/mol. The molecule has 3 nitrogen and oxygen atoms in total. The average Bonchev–Trinajstić information content (AvgIpc) is 2.12. The van der Waals surface area contributed by atoms with Crippen LogP contribution in [0.25, 0.3) is 0 Å². The summed E-state index contributed by atoms with van der Waals surface area (Å²) in [6.45, 7) is 7.76. The summed E-state index contributed by atoms with van der Waals surface area (Å²) in [5, 5.41) is 0.133. The lowest BCUT2D eigenvalue weighted by Crippen LogP contribution is -2.19. The van der Waals surface area contributed by atoms with Crippen molar-refractivity contribution >= 4 is 27.7 Å². The molecule has 4 heteroatoms. The first-order chi connectivity index (χ1) is 6.81. The second-order valence-corrected chi connectivity index (χ2v) is 4.76. The Morgan fingerprint density at radius 3 is 2.20 bits per heavy atom. The van der Waals surface area contributed by atoms with Crippen LogP contribution in [0.2, 0.25) is 0 Å². The Morgan fingerprint density at radius 2 is 1.87 bits per heavy atom. The van der Waals surface area contributed by atoms with E-state index in [1.54, 1.807) is 13.0 Å². The van der Waals surface area contributed by atoms with Gasteiger partial charge in [-0.1, -0.05) is 42.8 Å². The number of rotatable bonds is 4. The molecule has 0 bridgehead atoms. The Kier molecular flexibility index (Phi) is 5.80. The SMILES string of the molecule is CCOC(=O)/C(=C\C(C)(C)C)C(=O)CBr. The smallest absolute Gasteiger partial charge is 0.341 e. The molecule has 0 rings (SSSR count). The molecule has 0 aromatic heterocycles. The van der Waals surface area contributed by atoms with Gasteiger partial charge < -0.3 is 4.74 Å². The molecule has 0 N–H and O–H groups in total. The van der Waals surface area contributed by atoms with Gasteiger partial charge in [-0.15, -0.1) is 0 Å². The number of alkyl halides is 1. The standard InChI is InChI=1S/C11H17BrO3/c1-5-15-10(14)8(9(13)7-12)6-11(2,3)4/h6H,5,7H2,1-4H3/b8-6-. The van der Waals surface area contributed by atoms with E-state index in [9.17, 15) is 9.59 Å². The Hall–Kier alpha value is -0.640. The zero-order valence-corrected chi connectivity index (χ0v) is 11.2. The van der Waals surface area contributed by atoms with E-state index in [1.165, 1.54) is 0 Å². The minimum atomic E-state index is -0.545. The lowest BCUT2D eigenvalue weighted by atomic mass is 9.92. The van der Waals surface area contributed by atoms with E-state index in [0.29, 0.717) is 0 Å². The number of carbonyl (C=O) groups excluding carboxylic acids is 2. The summed E-state index contributed by atoms with van der Waals surface area (Å²) in [5.74, 6) is -0.791. The molecule has 0 amide bonds. The van der Waals surface area contributed by atoms with Crippen LogP contribution >= 0.6 is 15.9 Å². The molecule has 0 aromatic rings. The van der Waals surface area contributed by atoms with Gasteiger partial charge in [0, 0.05) is 0 Å². The van der Waals surface area contributed by atoms with Crippen LogP contribution in [-0.4, -0.2) is 23.7 Å². The number of ketones is 1. The molecule has 0 aliphatic carbocycles. The predicted octanol–water partition coefficient (Wildman–Crippen LogP) is 2.49. The molecular weight excluding hydrogens is 260 g/mol. The van der Waals surface area contributed by atoms with Crippen molar-refractivity contribution in [1.82, 2.24) is 0 Å². The van der Waals surface area contributed by atoms with Crippen LogP contribution in [0.3, 0.4) is 0 Å². The third-order valence-electron chi connectivity index (χ3n) is 1.49. The highest BCUT2D eigenvalue weighted by Gasteiger charge is 2.21. The van der Waals surface area contributed by atoms with E-state index in [-0.39, 0.29) is 28.7 Å². The fraction of sp³-hybridized carbons (Fsp3) is 0.636. The van der Waals surface area contributed by atoms with Crippen molar-refractivity contribution in [2.24, 2.45) is 5.41 Å². The summed E-state index contributed by atoms with van der Waals surface area (Å²) < 4.78 is 4.82. The maximum absolute atomic E-state index is 11.5. The van der Waals surface area contributed by atoms with Gasteiger partial charge in [0.1, 0.15) is 5.57 Å². The largest absolute Gasteiger partial charge is 0.462 e. The van der Waals surface area contributed by atoms with Gasteiger partial charge in [-0.05, 0) is 12.3 Å². The van der Waals surface area contributed by atoms with Crippen molar-refractivity contribution < 1.29 is 14.3 Å². The van der Waals surface area contributed by atoms with Crippen LogP contribution in [0.5, 0.6) is 0 Å². The number of halogens is 1. The molecule has 15 heavy (non-hydrogen) atoms. The molecule has 86 valence electrons. The molecule has 0 aromatic carbocycles. The number of ether oxygens (including phenoxy) is 1. The molecule has 0 unspecified atom stereocenters. The molecule has 0 radical (unpaired) electrons. The Balaban J connectivity index is 4.98. The van der Waals surface area contributed by atoms with Crippen molar-refractivity contribution in [2.75, 3.05) is 11.9 Å². The number of allylic oxidation sites excluding steroid dienone is 1. The number of carbonyl (C=O) groups is 2. The van der Waals surface area contributed by atoms with Crippen molar-refractivity contribution in [1.29, 1.82) is 0 Å². The summed E-state index contributed by atoms with van der Waals surface area (Å²) in [5.41, 5.74) is -0.0962. The van der Waals surface area contributed by atoms with Gasteiger partial charge in [-0.2, -0.15) is 0 Å². The van der Waals surface area contributed by atoms with Gasteiger partial charge in [0.15, 0.2) is 5.78 Å². The fourth-order valence-electron chi connectivity index (χ4n) is 0.967. The maximum atomic E-state index is 11.5. The van der Waals surface area contributed by atoms with Crippen LogP contribution in [0.15, 0.2) is 11.6 Å². The zero-order valence-electron chi connectivity index (χ0n) is 9.59. The number of hydrogen-bond donors (Lipinski definition) is 0. The molecule has 0 aliphatic heterocycles. The van der Waals surface area contributed by atoms with Crippen LogP contribution in [0.4, 0.5) is 0 Å². The predicted molar refractivity (Wildman–Crippen MR) is 63.0 cm³/mol. The quantitative estimate of drug-likeness (QED) is 0.261. The highest BCUT2D eigenvalue weighted by atomic mass is 79.9. The molecule has 0 aliphatic rings. The number of esters is 1. The normalized spacial score (nSPS) is 12.5. The van der Waals surface area contributed by atoms with Crippen LogP contribution in [0.1, 0.15) is 27.7 Å². The second kappa shape index (κ2) is 6.05. The van der Waals surface area contributed by atoms with E-state index < -0.39 is 5.97 Å². The molecule has 0 heterocycles. The van der Waals surface area contributed by atoms with E-state index in [2.05, 4.69) is 15.9 Å². The van der Waals surface area contributed by atoms with Crippen LogP contribution in [-0.2, 0) is 14.3 Å². The summed E-state index contributed by atoms with van der Waals surface area (Å²) >= 11 is 3.04. The molecule has 0 fully saturated rings. The molecule has 0 saturated heterocycles. The first kappa shape index (κ1) is 14.4. The Bertz CT molecular complexity index is 274. The molecule has 0 saturated carbocycles. The highest BCUT2D eigenvalue weighted by Crippen LogP contribution is 2.19. The lowest BCUT2D eigenvalue weighted by molar-refractivity contribution is -0.139. The maximum Gasteiger partial charge on any atom is 0.341 e. The van der Waals surface area contributed by atoms with Crippen molar-refractivity contribution in [3.8, 4) is 0 Å². The van der Waals surface area contributed by atoms with Crippen molar-refractivity contribution in [2.45, 2.75) is 27.7 Å². The minimum absolute atomic E-state index is 0.126. The summed E-state index contributed by atoms with van der Waals surface area (Å²) in [6.07, 6.45) is 1.65. The van der Waals surface area contributed by atoms with Gasteiger partial charge in [0.25, 0.3) is 0 Å². The minimum Gasteiger partial charge on any atom is -0.462 e. The molecule has 0 spiro atoms. The van der Waals surface area contributed by atoms with Crippen molar-refractivity contribution in [3.05, 3.63) is 11.6 Å². The molecular formula is C11H17BrO3. The first-order valence-corrected chi connectivity index (χ1v) is 5.93. The van der Waals surface area contributed by atoms with Gasteiger partial charge in [0.05, 0.1) is 11.9 Å². The van der Waals surface area contributed by atoms with E-state index >= 15 is 0 Å². The number of hydrogen-bond acceptors (Lipinski definition) is 3. The van der Waals surface area contributed by atoms with E-state index in [0.717, 1.165) is 0 Å². The Labute approximate surface area is 99.0 Å².